The number of nitrogens with two attached hydrogens (primary N) is 1. The summed E-state index contributed by atoms with van der Waals surface area (Å²) in [5.41, 5.74) is 5.34. The van der Waals surface area contributed by atoms with E-state index < -0.39 is 10.0 Å². The van der Waals surface area contributed by atoms with E-state index in [4.69, 9.17) is 5.73 Å². The first-order chi connectivity index (χ1) is 6.99. The van der Waals surface area contributed by atoms with Gasteiger partial charge < -0.3 is 5.73 Å². The van der Waals surface area contributed by atoms with Gasteiger partial charge in [0.15, 0.2) is 0 Å². The molecule has 3 N–H and O–H groups in total. The molecule has 0 spiro atoms. The normalized spacial score (nSPS) is 13.2. The van der Waals surface area contributed by atoms with Crippen molar-refractivity contribution in [2.24, 2.45) is 5.73 Å². The number of aromatic nitrogens is 2. The van der Waals surface area contributed by atoms with Crippen molar-refractivity contribution in [3.63, 3.8) is 0 Å². The second-order valence-electron chi connectivity index (χ2n) is 3.29. The van der Waals surface area contributed by atoms with Crippen molar-refractivity contribution in [1.29, 1.82) is 0 Å². The second-order valence-corrected chi connectivity index (χ2v) is 5.00. The Kier molecular flexibility index (Phi) is 5.95. The lowest BCUT2D eigenvalue weighted by atomic mass is 10.4. The number of hydrogen-bond acceptors (Lipinski definition) is 4. The van der Waals surface area contributed by atoms with Gasteiger partial charge in [-0.15, -0.1) is 12.4 Å². The molecule has 1 heterocycles. The Morgan fingerprint density at radius 3 is 2.69 bits per heavy atom. The van der Waals surface area contributed by atoms with Crippen molar-refractivity contribution in [1.82, 2.24) is 14.5 Å². The first kappa shape index (κ1) is 15.4. The van der Waals surface area contributed by atoms with Crippen LogP contribution < -0.4 is 10.5 Å². The maximum atomic E-state index is 11.7. The average Bonchev–Trinajstić information content (AvgIpc) is 2.65. The molecule has 8 heteroatoms. The van der Waals surface area contributed by atoms with Crippen molar-refractivity contribution >= 4 is 22.4 Å². The van der Waals surface area contributed by atoms with Gasteiger partial charge in [-0.2, -0.15) is 5.10 Å². The summed E-state index contributed by atoms with van der Waals surface area (Å²) in [6.45, 7) is 4.50. The van der Waals surface area contributed by atoms with Gasteiger partial charge in [-0.1, -0.05) is 0 Å². The van der Waals surface area contributed by atoms with Gasteiger partial charge in [0.2, 0.25) is 10.0 Å². The molecule has 0 saturated carbocycles. The largest absolute Gasteiger partial charge is 0.329 e. The van der Waals surface area contributed by atoms with Crippen LogP contribution in [0.4, 0.5) is 0 Å². The van der Waals surface area contributed by atoms with Crippen molar-refractivity contribution in [3.8, 4) is 0 Å². The molecule has 1 atom stereocenters. The number of halogens is 1. The van der Waals surface area contributed by atoms with Crippen LogP contribution in [0.15, 0.2) is 17.3 Å². The minimum absolute atomic E-state index is 0. The summed E-state index contributed by atoms with van der Waals surface area (Å²) in [4.78, 5) is 0.171. The Balaban J connectivity index is 0.00000225. The maximum Gasteiger partial charge on any atom is 0.243 e. The third-order valence-electron chi connectivity index (χ3n) is 1.95. The Bertz CT molecular complexity index is 417. The molecule has 0 bridgehead atoms. The SMILES string of the molecule is CCn1cc(S(=O)(=O)N[C@@H](C)CN)cn1.Cl. The first-order valence-electron chi connectivity index (χ1n) is 4.74. The predicted molar refractivity (Wildman–Crippen MR) is 64.0 cm³/mol. The molecule has 1 rings (SSSR count). The van der Waals surface area contributed by atoms with Crippen LogP contribution in [0.25, 0.3) is 0 Å². The molecule has 0 saturated heterocycles. The van der Waals surface area contributed by atoms with Crippen LogP contribution in [-0.2, 0) is 16.6 Å². The van der Waals surface area contributed by atoms with Crippen molar-refractivity contribution in [3.05, 3.63) is 12.4 Å². The molecular weight excluding hydrogens is 252 g/mol. The molecular formula is C8H17ClN4O2S. The summed E-state index contributed by atoms with van der Waals surface area (Å²) in [5.74, 6) is 0. The zero-order valence-corrected chi connectivity index (χ0v) is 10.9. The summed E-state index contributed by atoms with van der Waals surface area (Å²) in [6.07, 6.45) is 2.82. The van der Waals surface area contributed by atoms with Crippen LogP contribution in [0, 0.1) is 0 Å². The van der Waals surface area contributed by atoms with Gasteiger partial charge in [-0.3, -0.25) is 4.68 Å². The van der Waals surface area contributed by atoms with Crippen LogP contribution in [0.3, 0.4) is 0 Å². The minimum atomic E-state index is -3.47. The molecule has 1 aromatic rings. The molecule has 1 aromatic heterocycles. The van der Waals surface area contributed by atoms with E-state index in [1.807, 2.05) is 6.92 Å². The van der Waals surface area contributed by atoms with Crippen LogP contribution in [0.1, 0.15) is 13.8 Å². The number of hydrogen-bond donors (Lipinski definition) is 2. The highest BCUT2D eigenvalue weighted by molar-refractivity contribution is 7.89. The molecule has 0 aromatic carbocycles. The number of sulfonamides is 1. The lowest BCUT2D eigenvalue weighted by Gasteiger charge is -2.09. The highest BCUT2D eigenvalue weighted by Gasteiger charge is 2.18. The Morgan fingerprint density at radius 2 is 2.25 bits per heavy atom. The number of aryl methyl sites for hydroxylation is 1. The van der Waals surface area contributed by atoms with Gasteiger partial charge in [-0.05, 0) is 13.8 Å². The van der Waals surface area contributed by atoms with Gasteiger partial charge in [0.05, 0.1) is 6.20 Å². The second kappa shape index (κ2) is 6.19. The fraction of sp³-hybridized carbons (Fsp3) is 0.625. The summed E-state index contributed by atoms with van der Waals surface area (Å²) in [7, 11) is -3.47. The third-order valence-corrected chi connectivity index (χ3v) is 3.50. The molecule has 0 aliphatic carbocycles. The Labute approximate surface area is 102 Å². The topological polar surface area (TPSA) is 90.0 Å². The first-order valence-corrected chi connectivity index (χ1v) is 6.22. The van der Waals surface area contributed by atoms with E-state index >= 15 is 0 Å². The summed E-state index contributed by atoms with van der Waals surface area (Å²) in [6, 6.07) is -0.278. The molecule has 0 unspecified atom stereocenters. The zero-order chi connectivity index (χ0) is 11.5. The molecule has 16 heavy (non-hydrogen) atoms. The lowest BCUT2D eigenvalue weighted by Crippen LogP contribution is -2.37. The van der Waals surface area contributed by atoms with Crippen molar-refractivity contribution in [2.75, 3.05) is 6.54 Å². The Hall–Kier alpha value is -0.630. The fourth-order valence-electron chi connectivity index (χ4n) is 1.04. The van der Waals surface area contributed by atoms with Crippen LogP contribution in [0.5, 0.6) is 0 Å². The van der Waals surface area contributed by atoms with E-state index in [1.54, 1.807) is 11.6 Å². The van der Waals surface area contributed by atoms with Gasteiger partial charge in [0.1, 0.15) is 4.90 Å². The van der Waals surface area contributed by atoms with E-state index in [2.05, 4.69) is 9.82 Å². The van der Waals surface area contributed by atoms with E-state index in [1.165, 1.54) is 12.4 Å². The number of nitrogens with zero attached hydrogens (tertiary/aromatic N) is 2. The van der Waals surface area contributed by atoms with Gasteiger partial charge in [0.25, 0.3) is 0 Å². The van der Waals surface area contributed by atoms with E-state index in [9.17, 15) is 8.42 Å². The standard InChI is InChI=1S/C8H16N4O2S.ClH/c1-3-12-6-8(5-10-12)15(13,14)11-7(2)4-9;/h5-7,11H,3-4,9H2,1-2H3;1H/t7-;/m0./s1. The molecule has 0 radical (unpaired) electrons. The van der Waals surface area contributed by atoms with Crippen molar-refractivity contribution in [2.45, 2.75) is 31.3 Å². The monoisotopic (exact) mass is 268 g/mol. The zero-order valence-electron chi connectivity index (χ0n) is 9.25. The summed E-state index contributed by atoms with van der Waals surface area (Å²) < 4.78 is 27.4. The minimum Gasteiger partial charge on any atom is -0.329 e. The molecule has 0 fully saturated rings. The number of rotatable bonds is 5. The summed E-state index contributed by atoms with van der Waals surface area (Å²) >= 11 is 0. The molecule has 0 amide bonds. The van der Waals surface area contributed by atoms with E-state index in [0.717, 1.165) is 0 Å². The summed E-state index contributed by atoms with van der Waals surface area (Å²) in [5, 5.41) is 3.90. The highest BCUT2D eigenvalue weighted by Crippen LogP contribution is 2.07. The smallest absolute Gasteiger partial charge is 0.243 e. The van der Waals surface area contributed by atoms with Crippen LogP contribution in [0.2, 0.25) is 0 Å². The third kappa shape index (κ3) is 3.75. The quantitative estimate of drug-likeness (QED) is 0.784. The lowest BCUT2D eigenvalue weighted by molar-refractivity contribution is 0.562. The van der Waals surface area contributed by atoms with Crippen LogP contribution >= 0.6 is 12.4 Å². The predicted octanol–water partition coefficient (Wildman–Crippen LogP) is -0.0497. The molecule has 0 aliphatic heterocycles. The molecule has 94 valence electrons. The van der Waals surface area contributed by atoms with Crippen molar-refractivity contribution < 1.29 is 8.42 Å². The molecule has 0 aliphatic rings. The van der Waals surface area contributed by atoms with Gasteiger partial charge in [-0.25, -0.2) is 13.1 Å². The number of nitrogens with one attached hydrogen (secondary N) is 1. The molecule has 6 nitrogen and oxygen atoms in total. The fourth-order valence-corrected chi connectivity index (χ4v) is 2.25. The average molecular weight is 269 g/mol. The maximum absolute atomic E-state index is 11.7. The van der Waals surface area contributed by atoms with Crippen LogP contribution in [-0.4, -0.2) is 30.8 Å². The van der Waals surface area contributed by atoms with E-state index in [0.29, 0.717) is 6.54 Å². The van der Waals surface area contributed by atoms with Gasteiger partial charge >= 0.3 is 0 Å². The van der Waals surface area contributed by atoms with Gasteiger partial charge in [0, 0.05) is 25.3 Å². The highest BCUT2D eigenvalue weighted by atomic mass is 35.5. The van der Waals surface area contributed by atoms with E-state index in [-0.39, 0.29) is 29.9 Å². The Morgan fingerprint density at radius 1 is 1.62 bits per heavy atom.